The van der Waals surface area contributed by atoms with Crippen LogP contribution in [0.3, 0.4) is 0 Å². The zero-order chi connectivity index (χ0) is 15.7. The molecule has 0 aliphatic heterocycles. The average Bonchev–Trinajstić information content (AvgIpc) is 2.89. The molecule has 3 N–H and O–H groups in total. The largest absolute Gasteiger partial charge is 0.478 e. The third-order valence-electron chi connectivity index (χ3n) is 3.44. The van der Waals surface area contributed by atoms with E-state index < -0.39 is 5.97 Å². The molecule has 0 aliphatic carbocycles. The van der Waals surface area contributed by atoms with Gasteiger partial charge in [0.05, 0.1) is 11.3 Å². The smallest absolute Gasteiger partial charge is 0.335 e. The van der Waals surface area contributed by atoms with E-state index in [9.17, 15) is 4.79 Å². The van der Waals surface area contributed by atoms with Gasteiger partial charge in [0.2, 0.25) is 0 Å². The van der Waals surface area contributed by atoms with Crippen molar-refractivity contribution in [2.24, 2.45) is 0 Å². The second-order valence-corrected chi connectivity index (χ2v) is 5.11. The number of benzene rings is 1. The van der Waals surface area contributed by atoms with Crippen LogP contribution in [0.1, 0.15) is 15.9 Å². The molecule has 0 radical (unpaired) electrons. The minimum absolute atomic E-state index is 0.189. The first-order valence-electron chi connectivity index (χ1n) is 6.79. The van der Waals surface area contributed by atoms with Crippen molar-refractivity contribution in [2.75, 3.05) is 5.73 Å². The van der Waals surface area contributed by atoms with Crippen LogP contribution in [0, 0.1) is 6.92 Å². The van der Waals surface area contributed by atoms with Crippen molar-refractivity contribution in [3.8, 4) is 16.9 Å². The lowest BCUT2D eigenvalue weighted by molar-refractivity contribution is 0.0696. The van der Waals surface area contributed by atoms with Crippen molar-refractivity contribution in [3.63, 3.8) is 0 Å². The van der Waals surface area contributed by atoms with Crippen LogP contribution in [-0.2, 0) is 0 Å². The van der Waals surface area contributed by atoms with Gasteiger partial charge in [-0.2, -0.15) is 0 Å². The van der Waals surface area contributed by atoms with E-state index in [0.29, 0.717) is 11.5 Å². The first-order valence-corrected chi connectivity index (χ1v) is 6.79. The van der Waals surface area contributed by atoms with Crippen LogP contribution in [0.4, 0.5) is 5.69 Å². The van der Waals surface area contributed by atoms with Crippen LogP contribution in [-0.4, -0.2) is 20.6 Å². The normalized spacial score (nSPS) is 10.6. The van der Waals surface area contributed by atoms with Gasteiger partial charge in [-0.05, 0) is 24.6 Å². The predicted octanol–water partition coefficient (Wildman–Crippen LogP) is 3.13. The minimum atomic E-state index is -0.984. The van der Waals surface area contributed by atoms with Crippen LogP contribution >= 0.6 is 0 Å². The number of anilines is 1. The summed E-state index contributed by atoms with van der Waals surface area (Å²) in [5.41, 5.74) is 9.96. The fraction of sp³-hybridized carbons (Fsp3) is 0.0588. The lowest BCUT2D eigenvalue weighted by Gasteiger charge is -2.03. The highest BCUT2D eigenvalue weighted by Crippen LogP contribution is 2.28. The SMILES string of the molecule is Cc1cccc(-c2cn(-c3cc(C(=O)O)ccn3)cc2N)c1. The Bertz CT molecular complexity index is 853. The van der Waals surface area contributed by atoms with Gasteiger partial charge in [-0.1, -0.05) is 29.8 Å². The van der Waals surface area contributed by atoms with Crippen LogP contribution < -0.4 is 5.73 Å². The molecule has 2 heterocycles. The number of aromatic carboxylic acids is 1. The second kappa shape index (κ2) is 5.37. The number of carboxylic acid groups (broad SMARTS) is 1. The highest BCUT2D eigenvalue weighted by Gasteiger charge is 2.10. The number of aryl methyl sites for hydroxylation is 1. The average molecular weight is 293 g/mol. The number of aromatic nitrogens is 2. The first-order chi connectivity index (χ1) is 10.5. The summed E-state index contributed by atoms with van der Waals surface area (Å²) in [4.78, 5) is 15.3. The Kier molecular flexibility index (Phi) is 3.39. The van der Waals surface area contributed by atoms with E-state index >= 15 is 0 Å². The summed E-state index contributed by atoms with van der Waals surface area (Å²) in [6.07, 6.45) is 5.07. The molecule has 110 valence electrons. The highest BCUT2D eigenvalue weighted by molar-refractivity contribution is 5.88. The molecule has 22 heavy (non-hydrogen) atoms. The molecule has 0 spiro atoms. The van der Waals surface area contributed by atoms with Gasteiger partial charge in [0.15, 0.2) is 0 Å². The van der Waals surface area contributed by atoms with E-state index in [1.165, 1.54) is 18.3 Å². The van der Waals surface area contributed by atoms with Crippen molar-refractivity contribution in [1.82, 2.24) is 9.55 Å². The number of hydrogen-bond acceptors (Lipinski definition) is 3. The maximum absolute atomic E-state index is 11.1. The summed E-state index contributed by atoms with van der Waals surface area (Å²) in [5.74, 6) is -0.465. The molecule has 0 unspecified atom stereocenters. The Hall–Kier alpha value is -3.08. The molecule has 0 saturated heterocycles. The van der Waals surface area contributed by atoms with Gasteiger partial charge in [0.1, 0.15) is 5.82 Å². The number of nitrogens with zero attached hydrogens (tertiary/aromatic N) is 2. The lowest BCUT2D eigenvalue weighted by Crippen LogP contribution is -2.00. The molecule has 5 heteroatoms. The Balaban J connectivity index is 2.06. The van der Waals surface area contributed by atoms with Crippen LogP contribution in [0.25, 0.3) is 16.9 Å². The molecular formula is C17H15N3O2. The van der Waals surface area contributed by atoms with Crippen LogP contribution in [0.2, 0.25) is 0 Å². The van der Waals surface area contributed by atoms with E-state index in [4.69, 9.17) is 10.8 Å². The third kappa shape index (κ3) is 2.56. The summed E-state index contributed by atoms with van der Waals surface area (Å²) in [7, 11) is 0. The topological polar surface area (TPSA) is 81.1 Å². The van der Waals surface area contributed by atoms with E-state index in [0.717, 1.165) is 16.7 Å². The molecule has 3 rings (SSSR count). The van der Waals surface area contributed by atoms with E-state index in [2.05, 4.69) is 11.1 Å². The van der Waals surface area contributed by atoms with Crippen LogP contribution in [0.5, 0.6) is 0 Å². The molecule has 0 fully saturated rings. The summed E-state index contributed by atoms with van der Waals surface area (Å²) in [5, 5.41) is 9.06. The lowest BCUT2D eigenvalue weighted by atomic mass is 10.1. The van der Waals surface area contributed by atoms with E-state index in [1.807, 2.05) is 31.3 Å². The van der Waals surface area contributed by atoms with Crippen molar-refractivity contribution in [1.29, 1.82) is 0 Å². The zero-order valence-electron chi connectivity index (χ0n) is 12.0. The van der Waals surface area contributed by atoms with Gasteiger partial charge in [0.25, 0.3) is 0 Å². The summed E-state index contributed by atoms with van der Waals surface area (Å²) >= 11 is 0. The quantitative estimate of drug-likeness (QED) is 0.777. The van der Waals surface area contributed by atoms with Crippen molar-refractivity contribution in [3.05, 3.63) is 66.1 Å². The maximum Gasteiger partial charge on any atom is 0.335 e. The van der Waals surface area contributed by atoms with Crippen molar-refractivity contribution in [2.45, 2.75) is 6.92 Å². The Morgan fingerprint density at radius 3 is 2.77 bits per heavy atom. The maximum atomic E-state index is 11.1. The Morgan fingerprint density at radius 1 is 1.23 bits per heavy atom. The molecule has 0 saturated carbocycles. The third-order valence-corrected chi connectivity index (χ3v) is 3.44. The fourth-order valence-corrected chi connectivity index (χ4v) is 2.35. The van der Waals surface area contributed by atoms with Gasteiger partial charge in [-0.3, -0.25) is 0 Å². The number of hydrogen-bond donors (Lipinski definition) is 2. The molecular weight excluding hydrogens is 278 g/mol. The molecule has 0 bridgehead atoms. The van der Waals surface area contributed by atoms with Crippen LogP contribution in [0.15, 0.2) is 55.0 Å². The van der Waals surface area contributed by atoms with Gasteiger partial charge in [-0.15, -0.1) is 0 Å². The van der Waals surface area contributed by atoms with Gasteiger partial charge in [-0.25, -0.2) is 9.78 Å². The molecule has 2 aromatic heterocycles. The monoisotopic (exact) mass is 293 g/mol. The van der Waals surface area contributed by atoms with Gasteiger partial charge < -0.3 is 15.4 Å². The van der Waals surface area contributed by atoms with Crippen molar-refractivity contribution >= 4 is 11.7 Å². The van der Waals surface area contributed by atoms with Gasteiger partial charge in [0, 0.05) is 24.2 Å². The van der Waals surface area contributed by atoms with Gasteiger partial charge >= 0.3 is 5.97 Å². The number of nitrogens with two attached hydrogens (primary N) is 1. The van der Waals surface area contributed by atoms with Crippen molar-refractivity contribution < 1.29 is 9.90 Å². The summed E-state index contributed by atoms with van der Waals surface area (Å²) in [6, 6.07) is 11.0. The number of carbonyl (C=O) groups is 1. The predicted molar refractivity (Wildman–Crippen MR) is 85.1 cm³/mol. The second-order valence-electron chi connectivity index (χ2n) is 5.11. The first kappa shape index (κ1) is 13.9. The summed E-state index contributed by atoms with van der Waals surface area (Å²) < 4.78 is 1.74. The minimum Gasteiger partial charge on any atom is -0.478 e. The standard InChI is InChI=1S/C17H15N3O2/c1-11-3-2-4-12(7-11)14-9-20(10-15(14)18)16-8-13(17(21)22)5-6-19-16/h2-10H,18H2,1H3,(H,21,22). The number of pyridine rings is 1. The number of carboxylic acids is 1. The molecule has 0 atom stereocenters. The zero-order valence-corrected chi connectivity index (χ0v) is 12.0. The fourth-order valence-electron chi connectivity index (χ4n) is 2.35. The van der Waals surface area contributed by atoms with E-state index in [1.54, 1.807) is 10.8 Å². The number of nitrogen functional groups attached to an aromatic ring is 1. The molecule has 1 aromatic carbocycles. The molecule has 5 nitrogen and oxygen atoms in total. The molecule has 0 amide bonds. The Labute approximate surface area is 127 Å². The highest BCUT2D eigenvalue weighted by atomic mass is 16.4. The summed E-state index contributed by atoms with van der Waals surface area (Å²) in [6.45, 7) is 2.02. The Morgan fingerprint density at radius 2 is 2.05 bits per heavy atom. The molecule has 3 aromatic rings. The number of rotatable bonds is 3. The van der Waals surface area contributed by atoms with E-state index in [-0.39, 0.29) is 5.56 Å². The molecule has 0 aliphatic rings.